The minimum absolute atomic E-state index is 0.831. The normalized spacial score (nSPS) is 10.6. The molecular formula is C9H8INOS. The molecule has 0 saturated carbocycles. The SMILES string of the molecule is COc1ccc(I)c2sc(N)cc12. The van der Waals surface area contributed by atoms with Crippen LogP contribution in [0.1, 0.15) is 0 Å². The lowest BCUT2D eigenvalue weighted by Gasteiger charge is -2.01. The van der Waals surface area contributed by atoms with Crippen molar-refractivity contribution in [1.82, 2.24) is 0 Å². The molecule has 1 aromatic carbocycles. The van der Waals surface area contributed by atoms with Crippen molar-refractivity contribution >= 4 is 49.0 Å². The molecule has 0 aliphatic rings. The zero-order valence-corrected chi connectivity index (χ0v) is 9.98. The van der Waals surface area contributed by atoms with Gasteiger partial charge in [0.2, 0.25) is 0 Å². The molecule has 0 atom stereocenters. The summed E-state index contributed by atoms with van der Waals surface area (Å²) in [5.74, 6) is 0.892. The van der Waals surface area contributed by atoms with Crippen LogP contribution in [0.4, 0.5) is 5.00 Å². The number of rotatable bonds is 1. The van der Waals surface area contributed by atoms with Gasteiger partial charge in [0, 0.05) is 8.96 Å². The van der Waals surface area contributed by atoms with Crippen molar-refractivity contribution in [3.8, 4) is 5.75 Å². The molecule has 0 amide bonds. The first kappa shape index (κ1) is 9.08. The molecule has 0 bridgehead atoms. The van der Waals surface area contributed by atoms with Crippen LogP contribution in [0.25, 0.3) is 10.1 Å². The van der Waals surface area contributed by atoms with Gasteiger partial charge in [0.15, 0.2) is 0 Å². The van der Waals surface area contributed by atoms with Crippen LogP contribution in [-0.4, -0.2) is 7.11 Å². The van der Waals surface area contributed by atoms with Crippen LogP contribution in [0.5, 0.6) is 5.75 Å². The largest absolute Gasteiger partial charge is 0.496 e. The van der Waals surface area contributed by atoms with Crippen molar-refractivity contribution in [3.63, 3.8) is 0 Å². The molecule has 13 heavy (non-hydrogen) atoms. The average molecular weight is 305 g/mol. The summed E-state index contributed by atoms with van der Waals surface area (Å²) in [5.41, 5.74) is 5.74. The summed E-state index contributed by atoms with van der Waals surface area (Å²) in [4.78, 5) is 0. The van der Waals surface area contributed by atoms with E-state index in [0.717, 1.165) is 16.1 Å². The van der Waals surface area contributed by atoms with Crippen molar-refractivity contribution in [2.24, 2.45) is 0 Å². The Bertz CT molecular complexity index is 452. The van der Waals surface area contributed by atoms with E-state index in [0.29, 0.717) is 0 Å². The third kappa shape index (κ3) is 1.48. The van der Waals surface area contributed by atoms with Crippen molar-refractivity contribution in [3.05, 3.63) is 21.8 Å². The predicted molar refractivity (Wildman–Crippen MR) is 65.5 cm³/mol. The molecule has 0 aliphatic heterocycles. The Labute approximate surface area is 93.8 Å². The maximum absolute atomic E-state index is 5.74. The molecule has 0 spiro atoms. The van der Waals surface area contributed by atoms with Crippen LogP contribution in [-0.2, 0) is 0 Å². The molecule has 1 aromatic heterocycles. The van der Waals surface area contributed by atoms with E-state index in [1.165, 1.54) is 8.27 Å². The van der Waals surface area contributed by atoms with Crippen molar-refractivity contribution in [1.29, 1.82) is 0 Å². The van der Waals surface area contributed by atoms with Gasteiger partial charge in [0.25, 0.3) is 0 Å². The number of nitrogen functional groups attached to an aromatic ring is 1. The first-order valence-electron chi connectivity index (χ1n) is 3.74. The topological polar surface area (TPSA) is 35.2 Å². The Kier molecular flexibility index (Phi) is 2.33. The lowest BCUT2D eigenvalue weighted by atomic mass is 10.2. The second kappa shape index (κ2) is 3.34. The first-order valence-corrected chi connectivity index (χ1v) is 5.63. The summed E-state index contributed by atoms with van der Waals surface area (Å²) in [5, 5.41) is 1.94. The van der Waals surface area contributed by atoms with Gasteiger partial charge in [-0.3, -0.25) is 0 Å². The fraction of sp³-hybridized carbons (Fsp3) is 0.111. The maximum Gasteiger partial charge on any atom is 0.127 e. The molecule has 0 unspecified atom stereocenters. The van der Waals surface area contributed by atoms with Gasteiger partial charge in [-0.1, -0.05) is 0 Å². The number of methoxy groups -OCH3 is 1. The smallest absolute Gasteiger partial charge is 0.127 e. The molecule has 2 aromatic rings. The summed E-state index contributed by atoms with van der Waals surface area (Å²) in [7, 11) is 1.68. The number of anilines is 1. The van der Waals surface area contributed by atoms with Gasteiger partial charge in [0.05, 0.1) is 16.8 Å². The molecule has 2 rings (SSSR count). The van der Waals surface area contributed by atoms with Crippen molar-refractivity contribution in [2.45, 2.75) is 0 Å². The van der Waals surface area contributed by atoms with Crippen LogP contribution >= 0.6 is 33.9 Å². The van der Waals surface area contributed by atoms with Crippen LogP contribution in [0, 0.1) is 3.57 Å². The van der Waals surface area contributed by atoms with E-state index >= 15 is 0 Å². The fourth-order valence-corrected chi connectivity index (χ4v) is 2.91. The van der Waals surface area contributed by atoms with Gasteiger partial charge in [-0.05, 0) is 40.8 Å². The molecule has 4 heteroatoms. The van der Waals surface area contributed by atoms with E-state index in [4.69, 9.17) is 10.5 Å². The molecule has 2 nitrogen and oxygen atoms in total. The number of hydrogen-bond donors (Lipinski definition) is 1. The van der Waals surface area contributed by atoms with E-state index in [1.54, 1.807) is 18.4 Å². The molecule has 0 fully saturated rings. The molecule has 0 saturated heterocycles. The van der Waals surface area contributed by atoms with Gasteiger partial charge >= 0.3 is 0 Å². The van der Waals surface area contributed by atoms with E-state index in [9.17, 15) is 0 Å². The van der Waals surface area contributed by atoms with E-state index in [2.05, 4.69) is 22.6 Å². The fourth-order valence-electron chi connectivity index (χ4n) is 1.26. The lowest BCUT2D eigenvalue weighted by Crippen LogP contribution is -1.83. The number of benzene rings is 1. The third-order valence-corrected chi connectivity index (χ3v) is 4.10. The zero-order valence-electron chi connectivity index (χ0n) is 7.00. The Morgan fingerprint density at radius 1 is 1.46 bits per heavy atom. The Balaban J connectivity index is 2.83. The van der Waals surface area contributed by atoms with Gasteiger partial charge < -0.3 is 10.5 Å². The lowest BCUT2D eigenvalue weighted by molar-refractivity contribution is 0.420. The van der Waals surface area contributed by atoms with E-state index in [1.807, 2.05) is 18.2 Å². The third-order valence-electron chi connectivity index (χ3n) is 1.83. The van der Waals surface area contributed by atoms with Crippen LogP contribution < -0.4 is 10.5 Å². The maximum atomic E-state index is 5.74. The minimum atomic E-state index is 0.831. The van der Waals surface area contributed by atoms with Gasteiger partial charge in [-0.2, -0.15) is 0 Å². The second-order valence-electron chi connectivity index (χ2n) is 2.64. The highest BCUT2D eigenvalue weighted by Crippen LogP contribution is 2.36. The summed E-state index contributed by atoms with van der Waals surface area (Å²) >= 11 is 3.90. The summed E-state index contributed by atoms with van der Waals surface area (Å²) in [6.45, 7) is 0. The first-order chi connectivity index (χ1) is 6.22. The predicted octanol–water partition coefficient (Wildman–Crippen LogP) is 3.10. The molecule has 2 N–H and O–H groups in total. The molecular weight excluding hydrogens is 297 g/mol. The van der Waals surface area contributed by atoms with Gasteiger partial charge in [0.1, 0.15) is 5.75 Å². The summed E-state index contributed by atoms with van der Waals surface area (Å²) in [6.07, 6.45) is 0. The number of thiophene rings is 1. The van der Waals surface area contributed by atoms with Gasteiger partial charge in [-0.25, -0.2) is 0 Å². The van der Waals surface area contributed by atoms with Crippen LogP contribution in [0.3, 0.4) is 0 Å². The number of fused-ring (bicyclic) bond motifs is 1. The van der Waals surface area contributed by atoms with Crippen LogP contribution in [0.15, 0.2) is 18.2 Å². The average Bonchev–Trinajstić information content (AvgIpc) is 2.48. The van der Waals surface area contributed by atoms with Crippen molar-refractivity contribution in [2.75, 3.05) is 12.8 Å². The minimum Gasteiger partial charge on any atom is -0.496 e. The number of nitrogens with two attached hydrogens (primary N) is 1. The van der Waals surface area contributed by atoms with E-state index in [-0.39, 0.29) is 0 Å². The Morgan fingerprint density at radius 3 is 2.92 bits per heavy atom. The molecule has 1 heterocycles. The Hall–Kier alpha value is -0.490. The standard InChI is InChI=1S/C9H8INOS/c1-12-7-3-2-6(10)9-5(7)4-8(11)13-9/h2-4H,11H2,1H3. The number of ether oxygens (including phenoxy) is 1. The quantitative estimate of drug-likeness (QED) is 0.822. The molecule has 0 radical (unpaired) electrons. The second-order valence-corrected chi connectivity index (χ2v) is 4.89. The highest BCUT2D eigenvalue weighted by Gasteiger charge is 2.07. The van der Waals surface area contributed by atoms with Gasteiger partial charge in [-0.15, -0.1) is 11.3 Å². The molecule has 68 valence electrons. The summed E-state index contributed by atoms with van der Waals surface area (Å²) in [6, 6.07) is 5.97. The number of halogens is 1. The highest BCUT2D eigenvalue weighted by atomic mass is 127. The Morgan fingerprint density at radius 2 is 2.23 bits per heavy atom. The van der Waals surface area contributed by atoms with E-state index < -0.39 is 0 Å². The monoisotopic (exact) mass is 305 g/mol. The highest BCUT2D eigenvalue weighted by molar-refractivity contribution is 14.1. The van der Waals surface area contributed by atoms with Crippen molar-refractivity contribution < 1.29 is 4.74 Å². The number of hydrogen-bond acceptors (Lipinski definition) is 3. The molecule has 0 aliphatic carbocycles. The zero-order chi connectivity index (χ0) is 9.42. The van der Waals surface area contributed by atoms with Crippen LogP contribution in [0.2, 0.25) is 0 Å². The summed E-state index contributed by atoms with van der Waals surface area (Å²) < 4.78 is 7.67.